The molecule has 0 atom stereocenters. The van der Waals surface area contributed by atoms with E-state index in [4.69, 9.17) is 4.74 Å². The van der Waals surface area contributed by atoms with Crippen molar-refractivity contribution in [1.29, 1.82) is 0 Å². The third-order valence-electron chi connectivity index (χ3n) is 4.57. The van der Waals surface area contributed by atoms with E-state index in [2.05, 4.69) is 29.2 Å². The first-order chi connectivity index (χ1) is 14.1. The SMILES string of the molecule is CCCCCC(=O)Nc1ccc(-n2nc(OCC)nc2-c2ccc(C)cc2)cc1. The van der Waals surface area contributed by atoms with Gasteiger partial charge in [-0.25, -0.2) is 4.68 Å². The van der Waals surface area contributed by atoms with Crippen LogP contribution in [-0.4, -0.2) is 27.3 Å². The van der Waals surface area contributed by atoms with Gasteiger partial charge in [0.25, 0.3) is 0 Å². The molecule has 6 heteroatoms. The van der Waals surface area contributed by atoms with E-state index in [0.717, 1.165) is 36.2 Å². The molecule has 29 heavy (non-hydrogen) atoms. The number of carbonyl (C=O) groups is 1. The Morgan fingerprint density at radius 3 is 2.41 bits per heavy atom. The van der Waals surface area contributed by atoms with E-state index < -0.39 is 0 Å². The summed E-state index contributed by atoms with van der Waals surface area (Å²) in [5.74, 6) is 0.760. The Hall–Kier alpha value is -3.15. The topological polar surface area (TPSA) is 69.0 Å². The lowest BCUT2D eigenvalue weighted by molar-refractivity contribution is -0.116. The van der Waals surface area contributed by atoms with Crippen LogP contribution in [0.1, 0.15) is 45.1 Å². The van der Waals surface area contributed by atoms with Gasteiger partial charge < -0.3 is 10.1 Å². The number of ether oxygens (including phenoxy) is 1. The van der Waals surface area contributed by atoms with Crippen LogP contribution >= 0.6 is 0 Å². The number of nitrogens with zero attached hydrogens (tertiary/aromatic N) is 3. The molecule has 1 aromatic heterocycles. The summed E-state index contributed by atoms with van der Waals surface area (Å²) in [4.78, 5) is 16.6. The van der Waals surface area contributed by atoms with Gasteiger partial charge in [-0.15, -0.1) is 5.10 Å². The van der Waals surface area contributed by atoms with E-state index in [1.165, 1.54) is 5.56 Å². The molecule has 0 unspecified atom stereocenters. The van der Waals surface area contributed by atoms with Crippen molar-refractivity contribution in [3.63, 3.8) is 0 Å². The Bertz CT molecular complexity index is 931. The molecular formula is C23H28N4O2. The number of aromatic nitrogens is 3. The molecule has 1 heterocycles. The van der Waals surface area contributed by atoms with E-state index >= 15 is 0 Å². The number of carbonyl (C=O) groups excluding carboxylic acids is 1. The lowest BCUT2D eigenvalue weighted by Gasteiger charge is -2.08. The Balaban J connectivity index is 1.82. The molecule has 0 bridgehead atoms. The normalized spacial score (nSPS) is 10.7. The summed E-state index contributed by atoms with van der Waals surface area (Å²) in [5.41, 5.74) is 3.77. The minimum absolute atomic E-state index is 0.0472. The second-order valence-electron chi connectivity index (χ2n) is 6.98. The highest BCUT2D eigenvalue weighted by Crippen LogP contribution is 2.25. The monoisotopic (exact) mass is 392 g/mol. The zero-order valence-electron chi connectivity index (χ0n) is 17.3. The fourth-order valence-electron chi connectivity index (χ4n) is 3.00. The van der Waals surface area contributed by atoms with Gasteiger partial charge in [-0.05, 0) is 44.5 Å². The quantitative estimate of drug-likeness (QED) is 0.511. The van der Waals surface area contributed by atoms with Crippen LogP contribution in [0, 0.1) is 6.92 Å². The largest absolute Gasteiger partial charge is 0.463 e. The van der Waals surface area contributed by atoms with Crippen LogP contribution in [0.2, 0.25) is 0 Å². The standard InChI is InChI=1S/C23H28N4O2/c1-4-6-7-8-21(28)24-19-13-15-20(16-14-19)27-22(25-23(26-27)29-5-2)18-11-9-17(3)10-12-18/h9-16H,4-8H2,1-3H3,(H,24,28). The van der Waals surface area contributed by atoms with Crippen molar-refractivity contribution >= 4 is 11.6 Å². The summed E-state index contributed by atoms with van der Waals surface area (Å²) in [6.45, 7) is 6.59. The molecule has 0 fully saturated rings. The van der Waals surface area contributed by atoms with Gasteiger partial charge in [-0.1, -0.05) is 49.6 Å². The predicted octanol–water partition coefficient (Wildman–Crippen LogP) is 5.16. The van der Waals surface area contributed by atoms with Crippen molar-refractivity contribution in [3.8, 4) is 23.1 Å². The fourth-order valence-corrected chi connectivity index (χ4v) is 3.00. The highest BCUT2D eigenvalue weighted by atomic mass is 16.5. The lowest BCUT2D eigenvalue weighted by Crippen LogP contribution is -2.11. The van der Waals surface area contributed by atoms with Gasteiger partial charge in [0.1, 0.15) is 0 Å². The maximum Gasteiger partial charge on any atom is 0.336 e. The Morgan fingerprint density at radius 2 is 1.76 bits per heavy atom. The number of hydrogen-bond acceptors (Lipinski definition) is 4. The molecule has 0 saturated carbocycles. The van der Waals surface area contributed by atoms with Crippen LogP contribution in [0.3, 0.4) is 0 Å². The minimum atomic E-state index is 0.0472. The van der Waals surface area contributed by atoms with Crippen LogP contribution in [0.15, 0.2) is 48.5 Å². The number of nitrogens with one attached hydrogen (secondary N) is 1. The van der Waals surface area contributed by atoms with Crippen molar-refractivity contribution in [1.82, 2.24) is 14.8 Å². The van der Waals surface area contributed by atoms with Gasteiger partial charge in [-0.3, -0.25) is 4.79 Å². The van der Waals surface area contributed by atoms with Gasteiger partial charge in [0.15, 0.2) is 5.82 Å². The second kappa shape index (κ2) is 9.87. The summed E-state index contributed by atoms with van der Waals surface area (Å²) >= 11 is 0. The van der Waals surface area contributed by atoms with Gasteiger partial charge >= 0.3 is 6.01 Å². The predicted molar refractivity (Wildman–Crippen MR) is 115 cm³/mol. The first-order valence-electron chi connectivity index (χ1n) is 10.2. The molecule has 0 aliphatic rings. The summed E-state index contributed by atoms with van der Waals surface area (Å²) in [5, 5.41) is 7.45. The maximum atomic E-state index is 12.0. The molecule has 0 radical (unpaired) electrons. The van der Waals surface area contributed by atoms with Crippen molar-refractivity contribution in [2.75, 3.05) is 11.9 Å². The Kier molecular flexibility index (Phi) is 7.00. The maximum absolute atomic E-state index is 12.0. The summed E-state index contributed by atoms with van der Waals surface area (Å²) in [7, 11) is 0. The van der Waals surface area contributed by atoms with Crippen LogP contribution in [0.4, 0.5) is 5.69 Å². The molecule has 6 nitrogen and oxygen atoms in total. The molecule has 0 aliphatic heterocycles. The molecular weight excluding hydrogens is 364 g/mol. The van der Waals surface area contributed by atoms with E-state index in [9.17, 15) is 4.79 Å². The molecule has 1 amide bonds. The third kappa shape index (κ3) is 5.44. The van der Waals surface area contributed by atoms with Crippen LogP contribution < -0.4 is 10.1 Å². The third-order valence-corrected chi connectivity index (χ3v) is 4.57. The Morgan fingerprint density at radius 1 is 1.03 bits per heavy atom. The highest BCUT2D eigenvalue weighted by molar-refractivity contribution is 5.90. The summed E-state index contributed by atoms with van der Waals surface area (Å²) in [6, 6.07) is 16.1. The molecule has 3 aromatic rings. The average molecular weight is 393 g/mol. The van der Waals surface area contributed by atoms with E-state index in [-0.39, 0.29) is 5.91 Å². The molecule has 0 saturated heterocycles. The molecule has 152 valence electrons. The molecule has 0 spiro atoms. The van der Waals surface area contributed by atoms with E-state index in [1.54, 1.807) is 4.68 Å². The number of benzene rings is 2. The van der Waals surface area contributed by atoms with Crippen LogP contribution in [0.25, 0.3) is 17.1 Å². The van der Waals surface area contributed by atoms with E-state index in [0.29, 0.717) is 24.9 Å². The number of rotatable bonds is 9. The highest BCUT2D eigenvalue weighted by Gasteiger charge is 2.14. The lowest BCUT2D eigenvalue weighted by atomic mass is 10.1. The number of amides is 1. The first kappa shape index (κ1) is 20.6. The second-order valence-corrected chi connectivity index (χ2v) is 6.98. The zero-order chi connectivity index (χ0) is 20.6. The van der Waals surface area contributed by atoms with Gasteiger partial charge in [-0.2, -0.15) is 4.98 Å². The number of hydrogen-bond donors (Lipinski definition) is 1. The smallest absolute Gasteiger partial charge is 0.336 e. The van der Waals surface area contributed by atoms with E-state index in [1.807, 2.05) is 55.5 Å². The zero-order valence-corrected chi connectivity index (χ0v) is 17.3. The molecule has 3 rings (SSSR count). The molecule has 0 aliphatic carbocycles. The summed E-state index contributed by atoms with van der Waals surface area (Å²) in [6.07, 6.45) is 3.64. The minimum Gasteiger partial charge on any atom is -0.463 e. The Labute approximate surface area is 171 Å². The summed E-state index contributed by atoms with van der Waals surface area (Å²) < 4.78 is 7.28. The first-order valence-corrected chi connectivity index (χ1v) is 10.2. The number of unbranched alkanes of at least 4 members (excludes halogenated alkanes) is 2. The van der Waals surface area contributed by atoms with Gasteiger partial charge in [0, 0.05) is 17.7 Å². The van der Waals surface area contributed by atoms with Crippen molar-refractivity contribution in [3.05, 3.63) is 54.1 Å². The average Bonchev–Trinajstić information content (AvgIpc) is 3.13. The van der Waals surface area contributed by atoms with Crippen molar-refractivity contribution in [2.45, 2.75) is 46.5 Å². The van der Waals surface area contributed by atoms with Crippen LogP contribution in [-0.2, 0) is 4.79 Å². The fraction of sp³-hybridized carbons (Fsp3) is 0.348. The molecule has 2 aromatic carbocycles. The van der Waals surface area contributed by atoms with Crippen molar-refractivity contribution in [2.24, 2.45) is 0 Å². The molecule has 1 N–H and O–H groups in total. The van der Waals surface area contributed by atoms with Gasteiger partial charge in [0.2, 0.25) is 5.91 Å². The van der Waals surface area contributed by atoms with Crippen molar-refractivity contribution < 1.29 is 9.53 Å². The number of aryl methyl sites for hydroxylation is 1. The number of anilines is 1. The van der Waals surface area contributed by atoms with Crippen LogP contribution in [0.5, 0.6) is 6.01 Å². The van der Waals surface area contributed by atoms with Gasteiger partial charge in [0.05, 0.1) is 12.3 Å².